The molecule has 2 amide bonds. The molecule has 0 unspecified atom stereocenters. The Kier molecular flexibility index (Phi) is 4.78. The maximum atomic E-state index is 12.3. The molecule has 2 aromatic heterocycles. The van der Waals surface area contributed by atoms with E-state index in [0.717, 1.165) is 30.5 Å². The van der Waals surface area contributed by atoms with Gasteiger partial charge in [0.15, 0.2) is 0 Å². The number of rotatable bonds is 6. The minimum Gasteiger partial charge on any atom is -0.352 e. The Labute approximate surface area is 156 Å². The summed E-state index contributed by atoms with van der Waals surface area (Å²) in [7, 11) is 0. The predicted molar refractivity (Wildman–Crippen MR) is 99.0 cm³/mol. The van der Waals surface area contributed by atoms with Gasteiger partial charge in [-0.05, 0) is 30.5 Å². The fourth-order valence-corrected chi connectivity index (χ4v) is 3.20. The summed E-state index contributed by atoms with van der Waals surface area (Å²) in [5, 5.41) is 6.99. The lowest BCUT2D eigenvalue weighted by molar-refractivity contribution is -0.127. The molecule has 1 saturated heterocycles. The molecular formula is C19H20N6O2. The van der Waals surface area contributed by atoms with Gasteiger partial charge in [0.05, 0.1) is 0 Å². The summed E-state index contributed by atoms with van der Waals surface area (Å²) < 4.78 is 1.61. The van der Waals surface area contributed by atoms with Crippen molar-refractivity contribution in [3.8, 4) is 11.1 Å². The minimum atomic E-state index is -0.112. The number of nitrogens with zero attached hydrogens (tertiary/aromatic N) is 5. The maximum Gasteiger partial charge on any atom is 0.252 e. The lowest BCUT2D eigenvalue weighted by Crippen LogP contribution is -2.30. The molecule has 3 heterocycles. The summed E-state index contributed by atoms with van der Waals surface area (Å²) in [6.45, 7) is 2.09. The van der Waals surface area contributed by atoms with E-state index >= 15 is 0 Å². The van der Waals surface area contributed by atoms with Gasteiger partial charge in [-0.15, -0.1) is 0 Å². The first kappa shape index (κ1) is 17.1. The smallest absolute Gasteiger partial charge is 0.252 e. The summed E-state index contributed by atoms with van der Waals surface area (Å²) in [5.74, 6) is 0.653. The molecule has 0 spiro atoms. The molecule has 8 nitrogen and oxygen atoms in total. The number of hydrogen-bond acceptors (Lipinski definition) is 5. The van der Waals surface area contributed by atoms with Crippen LogP contribution in [0, 0.1) is 0 Å². The van der Waals surface area contributed by atoms with E-state index in [4.69, 9.17) is 0 Å². The molecule has 0 atom stereocenters. The fourth-order valence-electron chi connectivity index (χ4n) is 3.20. The molecule has 1 aromatic carbocycles. The molecule has 1 N–H and O–H groups in total. The van der Waals surface area contributed by atoms with Crippen molar-refractivity contribution in [3.63, 3.8) is 0 Å². The van der Waals surface area contributed by atoms with Gasteiger partial charge in [0.25, 0.3) is 11.7 Å². The van der Waals surface area contributed by atoms with Gasteiger partial charge in [-0.3, -0.25) is 9.59 Å². The fraction of sp³-hybridized carbons (Fsp3) is 0.316. The van der Waals surface area contributed by atoms with Crippen molar-refractivity contribution in [2.45, 2.75) is 19.3 Å². The number of carbonyl (C=O) groups excluding carboxylic acids is 2. The van der Waals surface area contributed by atoms with Gasteiger partial charge in [-0.1, -0.05) is 12.1 Å². The topological polar surface area (TPSA) is 92.5 Å². The monoisotopic (exact) mass is 364 g/mol. The SMILES string of the molecule is O=C(NCCCN1CCCC1=O)c1ccc(-c2cnc3ncnn3c2)cc1. The molecular weight excluding hydrogens is 344 g/mol. The molecule has 0 saturated carbocycles. The van der Waals surface area contributed by atoms with Gasteiger partial charge in [0, 0.05) is 49.6 Å². The van der Waals surface area contributed by atoms with Crippen LogP contribution in [0.2, 0.25) is 0 Å². The van der Waals surface area contributed by atoms with E-state index in [0.29, 0.717) is 30.9 Å². The van der Waals surface area contributed by atoms with Crippen molar-refractivity contribution in [3.05, 3.63) is 48.5 Å². The second kappa shape index (κ2) is 7.53. The van der Waals surface area contributed by atoms with Crippen molar-refractivity contribution >= 4 is 17.6 Å². The quantitative estimate of drug-likeness (QED) is 0.670. The van der Waals surface area contributed by atoms with E-state index in [2.05, 4.69) is 20.4 Å². The molecule has 3 aromatic rings. The summed E-state index contributed by atoms with van der Waals surface area (Å²) >= 11 is 0. The van der Waals surface area contributed by atoms with Crippen molar-refractivity contribution in [1.82, 2.24) is 29.8 Å². The lowest BCUT2D eigenvalue weighted by Gasteiger charge is -2.15. The number of benzene rings is 1. The van der Waals surface area contributed by atoms with Crippen LogP contribution in [0.3, 0.4) is 0 Å². The Morgan fingerprint density at radius 3 is 2.78 bits per heavy atom. The van der Waals surface area contributed by atoms with Crippen molar-refractivity contribution < 1.29 is 9.59 Å². The van der Waals surface area contributed by atoms with Crippen LogP contribution in [0.5, 0.6) is 0 Å². The molecule has 138 valence electrons. The van der Waals surface area contributed by atoms with Crippen molar-refractivity contribution in [2.24, 2.45) is 0 Å². The van der Waals surface area contributed by atoms with Crippen molar-refractivity contribution in [2.75, 3.05) is 19.6 Å². The summed E-state index contributed by atoms with van der Waals surface area (Å²) in [5.41, 5.74) is 2.45. The van der Waals surface area contributed by atoms with Crippen LogP contribution in [-0.2, 0) is 4.79 Å². The highest BCUT2D eigenvalue weighted by molar-refractivity contribution is 5.94. The van der Waals surface area contributed by atoms with E-state index in [-0.39, 0.29) is 11.8 Å². The number of nitrogens with one attached hydrogen (secondary N) is 1. The Bertz CT molecular complexity index is 966. The Morgan fingerprint density at radius 1 is 1.15 bits per heavy atom. The molecule has 8 heteroatoms. The number of carbonyl (C=O) groups is 2. The van der Waals surface area contributed by atoms with Crippen LogP contribution in [0.25, 0.3) is 16.9 Å². The van der Waals surface area contributed by atoms with Gasteiger partial charge in [0.1, 0.15) is 6.33 Å². The second-order valence-electron chi connectivity index (χ2n) is 6.52. The molecule has 27 heavy (non-hydrogen) atoms. The van der Waals surface area contributed by atoms with Gasteiger partial charge in [-0.2, -0.15) is 10.1 Å². The minimum absolute atomic E-state index is 0.112. The van der Waals surface area contributed by atoms with E-state index in [9.17, 15) is 9.59 Å². The third-order valence-electron chi connectivity index (χ3n) is 4.68. The Hall–Kier alpha value is -3.29. The first-order valence-electron chi connectivity index (χ1n) is 9.02. The highest BCUT2D eigenvalue weighted by Crippen LogP contribution is 2.19. The zero-order valence-corrected chi connectivity index (χ0v) is 14.8. The van der Waals surface area contributed by atoms with Crippen LogP contribution < -0.4 is 5.32 Å². The second-order valence-corrected chi connectivity index (χ2v) is 6.52. The van der Waals surface area contributed by atoms with Crippen LogP contribution in [0.4, 0.5) is 0 Å². The average molecular weight is 364 g/mol. The maximum absolute atomic E-state index is 12.3. The van der Waals surface area contributed by atoms with Gasteiger partial charge < -0.3 is 10.2 Å². The number of aromatic nitrogens is 4. The molecule has 1 aliphatic heterocycles. The molecule has 4 rings (SSSR count). The molecule has 1 fully saturated rings. The van der Waals surface area contributed by atoms with Gasteiger partial charge in [0.2, 0.25) is 5.91 Å². The lowest BCUT2D eigenvalue weighted by atomic mass is 10.1. The molecule has 0 aliphatic carbocycles. The first-order valence-corrected chi connectivity index (χ1v) is 9.02. The first-order chi connectivity index (χ1) is 13.2. The summed E-state index contributed by atoms with van der Waals surface area (Å²) in [6, 6.07) is 7.36. The highest BCUT2D eigenvalue weighted by atomic mass is 16.2. The zero-order chi connectivity index (χ0) is 18.6. The largest absolute Gasteiger partial charge is 0.352 e. The summed E-state index contributed by atoms with van der Waals surface area (Å²) in [6.07, 6.45) is 7.40. The third-order valence-corrected chi connectivity index (χ3v) is 4.68. The molecule has 1 aliphatic rings. The van der Waals surface area contributed by atoms with E-state index in [1.54, 1.807) is 22.8 Å². The van der Waals surface area contributed by atoms with Crippen LogP contribution in [0.15, 0.2) is 43.0 Å². The molecule has 0 bridgehead atoms. The van der Waals surface area contributed by atoms with E-state index < -0.39 is 0 Å². The van der Waals surface area contributed by atoms with E-state index in [1.165, 1.54) is 6.33 Å². The number of hydrogen-bond donors (Lipinski definition) is 1. The highest BCUT2D eigenvalue weighted by Gasteiger charge is 2.19. The van der Waals surface area contributed by atoms with Crippen LogP contribution in [-0.4, -0.2) is 55.9 Å². The predicted octanol–water partition coefficient (Wildman–Crippen LogP) is 1.53. The number of fused-ring (bicyclic) bond motifs is 1. The van der Waals surface area contributed by atoms with Gasteiger partial charge >= 0.3 is 0 Å². The van der Waals surface area contributed by atoms with Crippen LogP contribution >= 0.6 is 0 Å². The van der Waals surface area contributed by atoms with Gasteiger partial charge in [-0.25, -0.2) is 9.50 Å². The number of likely N-dealkylation sites (tertiary alicyclic amines) is 1. The Balaban J connectivity index is 1.32. The van der Waals surface area contributed by atoms with Crippen molar-refractivity contribution in [1.29, 1.82) is 0 Å². The summed E-state index contributed by atoms with van der Waals surface area (Å²) in [4.78, 5) is 34.0. The normalized spacial score (nSPS) is 14.1. The third kappa shape index (κ3) is 3.79. The zero-order valence-electron chi connectivity index (χ0n) is 14.8. The molecule has 0 radical (unpaired) electrons. The average Bonchev–Trinajstić information content (AvgIpc) is 3.33. The number of amides is 2. The van der Waals surface area contributed by atoms with E-state index in [1.807, 2.05) is 23.2 Å². The Morgan fingerprint density at radius 2 is 2.00 bits per heavy atom. The van der Waals surface area contributed by atoms with Crippen LogP contribution in [0.1, 0.15) is 29.6 Å². The standard InChI is InChI=1S/C19H20N6O2/c26-17-3-1-9-24(17)10-2-8-20-18(27)15-6-4-14(5-7-15)16-11-21-19-22-13-23-25(19)12-16/h4-7,11-13H,1-3,8-10H2,(H,20,27).